The molecule has 1 aromatic heterocycles. The van der Waals surface area contributed by atoms with Crippen molar-refractivity contribution in [2.45, 2.75) is 32.6 Å². The molecule has 2 aromatic carbocycles. The van der Waals surface area contributed by atoms with Gasteiger partial charge in [-0.3, -0.25) is 4.79 Å². The number of hydrogen-bond donors (Lipinski definition) is 0. The van der Waals surface area contributed by atoms with Crippen molar-refractivity contribution in [2.75, 3.05) is 0 Å². The average Bonchev–Trinajstić information content (AvgIpc) is 2.63. The van der Waals surface area contributed by atoms with E-state index >= 15 is 0 Å². The van der Waals surface area contributed by atoms with E-state index in [1.165, 1.54) is 6.07 Å². The first-order valence-electron chi connectivity index (χ1n) is 8.61. The van der Waals surface area contributed by atoms with Crippen LogP contribution in [-0.4, -0.2) is 0 Å². The molecule has 3 aromatic rings. The first-order chi connectivity index (χ1) is 12.1. The molecule has 1 aliphatic carbocycles. The summed E-state index contributed by atoms with van der Waals surface area (Å²) in [5.74, 6) is -0.303. The lowest BCUT2D eigenvalue weighted by atomic mass is 9.86. The molecule has 4 heteroatoms. The SMILES string of the molecule is CCC1CCc2c(sc3cc(-c4cc(F)ccc4F)ccc3c2=O)C1. The summed E-state index contributed by atoms with van der Waals surface area (Å²) in [6, 6.07) is 8.72. The molecular formula is C21H18F2OS. The Morgan fingerprint density at radius 3 is 2.80 bits per heavy atom. The van der Waals surface area contributed by atoms with Gasteiger partial charge in [0.2, 0.25) is 0 Å². The van der Waals surface area contributed by atoms with Crippen molar-refractivity contribution in [3.8, 4) is 11.1 Å². The zero-order valence-electron chi connectivity index (χ0n) is 13.9. The van der Waals surface area contributed by atoms with Gasteiger partial charge in [0.05, 0.1) is 0 Å². The van der Waals surface area contributed by atoms with Crippen LogP contribution in [0.5, 0.6) is 0 Å². The van der Waals surface area contributed by atoms with Gasteiger partial charge in [-0.1, -0.05) is 19.4 Å². The standard InChI is InChI=1S/C21H18F2OS/c1-2-12-3-6-15-19(9-12)25-20-10-13(4-7-16(20)21(15)24)17-11-14(22)5-8-18(17)23/h4-5,7-8,10-12H,2-3,6,9H2,1H3. The summed E-state index contributed by atoms with van der Waals surface area (Å²) in [7, 11) is 0. The fourth-order valence-corrected chi connectivity index (χ4v) is 5.00. The minimum atomic E-state index is -0.471. The summed E-state index contributed by atoms with van der Waals surface area (Å²) in [5.41, 5.74) is 1.88. The third-order valence-electron chi connectivity index (χ3n) is 5.16. The lowest BCUT2D eigenvalue weighted by Gasteiger charge is -2.22. The van der Waals surface area contributed by atoms with Crippen LogP contribution in [0.25, 0.3) is 21.2 Å². The van der Waals surface area contributed by atoms with Gasteiger partial charge in [-0.05, 0) is 61.1 Å². The van der Waals surface area contributed by atoms with E-state index in [4.69, 9.17) is 0 Å². The normalized spacial score (nSPS) is 16.8. The maximum atomic E-state index is 14.1. The van der Waals surface area contributed by atoms with E-state index in [1.54, 1.807) is 23.5 Å². The molecule has 0 N–H and O–H groups in total. The van der Waals surface area contributed by atoms with E-state index in [9.17, 15) is 13.6 Å². The summed E-state index contributed by atoms with van der Waals surface area (Å²) < 4.78 is 28.4. The van der Waals surface area contributed by atoms with E-state index in [2.05, 4.69) is 6.92 Å². The molecule has 0 saturated carbocycles. The minimum absolute atomic E-state index is 0.101. The highest BCUT2D eigenvalue weighted by Gasteiger charge is 2.22. The number of fused-ring (bicyclic) bond motifs is 2. The highest BCUT2D eigenvalue weighted by atomic mass is 32.1. The maximum absolute atomic E-state index is 14.1. The Labute approximate surface area is 148 Å². The quantitative estimate of drug-likeness (QED) is 0.574. The van der Waals surface area contributed by atoms with Crippen LogP contribution >= 0.6 is 11.3 Å². The van der Waals surface area contributed by atoms with Crippen LogP contribution in [0.3, 0.4) is 0 Å². The Balaban J connectivity index is 1.89. The van der Waals surface area contributed by atoms with E-state index in [-0.39, 0.29) is 11.0 Å². The molecule has 1 nitrogen and oxygen atoms in total. The van der Waals surface area contributed by atoms with E-state index < -0.39 is 11.6 Å². The number of hydrogen-bond acceptors (Lipinski definition) is 2. The van der Waals surface area contributed by atoms with Crippen molar-refractivity contribution in [3.63, 3.8) is 0 Å². The zero-order chi connectivity index (χ0) is 17.6. The summed E-state index contributed by atoms with van der Waals surface area (Å²) in [6.45, 7) is 2.18. The minimum Gasteiger partial charge on any atom is -0.289 e. The highest BCUT2D eigenvalue weighted by Crippen LogP contribution is 2.34. The van der Waals surface area contributed by atoms with Crippen LogP contribution in [-0.2, 0) is 12.8 Å². The molecule has 0 fully saturated rings. The predicted molar refractivity (Wildman–Crippen MR) is 99.3 cm³/mol. The molecule has 0 saturated heterocycles. The zero-order valence-corrected chi connectivity index (χ0v) is 14.8. The summed E-state index contributed by atoms with van der Waals surface area (Å²) in [4.78, 5) is 14.0. The number of halogens is 2. The van der Waals surface area contributed by atoms with Gasteiger partial charge in [-0.25, -0.2) is 8.78 Å². The Morgan fingerprint density at radius 1 is 1.16 bits per heavy atom. The highest BCUT2D eigenvalue weighted by molar-refractivity contribution is 7.18. The van der Waals surface area contributed by atoms with Gasteiger partial charge in [0.25, 0.3) is 0 Å². The van der Waals surface area contributed by atoms with Crippen molar-refractivity contribution in [2.24, 2.45) is 5.92 Å². The molecule has 25 heavy (non-hydrogen) atoms. The summed E-state index contributed by atoms with van der Waals surface area (Å²) in [6.07, 6.45) is 3.98. The van der Waals surface area contributed by atoms with Crippen LogP contribution in [0.15, 0.2) is 41.2 Å². The first-order valence-corrected chi connectivity index (χ1v) is 9.42. The predicted octanol–water partition coefficient (Wildman–Crippen LogP) is 5.72. The first kappa shape index (κ1) is 16.4. The second-order valence-electron chi connectivity index (χ2n) is 6.69. The average molecular weight is 356 g/mol. The second-order valence-corrected chi connectivity index (χ2v) is 7.82. The molecule has 0 amide bonds. The van der Waals surface area contributed by atoms with Gasteiger partial charge >= 0.3 is 0 Å². The van der Waals surface area contributed by atoms with Crippen LogP contribution in [0, 0.1) is 17.6 Å². The Bertz CT molecular complexity index is 1020. The Kier molecular flexibility index (Phi) is 4.16. The molecule has 1 unspecified atom stereocenters. The molecule has 1 atom stereocenters. The third-order valence-corrected chi connectivity index (χ3v) is 6.38. The van der Waals surface area contributed by atoms with Crippen molar-refractivity contribution in [1.82, 2.24) is 0 Å². The lowest BCUT2D eigenvalue weighted by Crippen LogP contribution is -2.20. The molecule has 0 bridgehead atoms. The molecule has 0 radical (unpaired) electrons. The van der Waals surface area contributed by atoms with Crippen molar-refractivity contribution in [1.29, 1.82) is 0 Å². The van der Waals surface area contributed by atoms with Gasteiger partial charge < -0.3 is 0 Å². The van der Waals surface area contributed by atoms with Gasteiger partial charge in [-0.15, -0.1) is 11.3 Å². The summed E-state index contributed by atoms with van der Waals surface area (Å²) in [5, 5.41) is 0.680. The Hall–Kier alpha value is -2.07. The maximum Gasteiger partial charge on any atom is 0.191 e. The van der Waals surface area contributed by atoms with Crippen molar-refractivity contribution >= 4 is 21.4 Å². The van der Waals surface area contributed by atoms with Crippen LogP contribution in [0.4, 0.5) is 8.78 Å². The van der Waals surface area contributed by atoms with Gasteiger partial charge in [0.15, 0.2) is 5.43 Å². The largest absolute Gasteiger partial charge is 0.289 e. The molecule has 4 rings (SSSR count). The fraction of sp³-hybridized carbons (Fsp3) is 0.286. The number of benzene rings is 2. The van der Waals surface area contributed by atoms with Crippen molar-refractivity contribution < 1.29 is 8.78 Å². The van der Waals surface area contributed by atoms with Gasteiger partial charge in [0.1, 0.15) is 11.6 Å². The smallest absolute Gasteiger partial charge is 0.191 e. The molecule has 1 aliphatic rings. The lowest BCUT2D eigenvalue weighted by molar-refractivity contribution is 0.448. The van der Waals surface area contributed by atoms with Crippen LogP contribution in [0.2, 0.25) is 0 Å². The van der Waals surface area contributed by atoms with Crippen LogP contribution in [0.1, 0.15) is 30.2 Å². The Morgan fingerprint density at radius 2 is 2.00 bits per heavy atom. The van der Waals surface area contributed by atoms with E-state index in [0.29, 0.717) is 16.9 Å². The van der Waals surface area contributed by atoms with Crippen molar-refractivity contribution in [3.05, 3.63) is 68.7 Å². The molecule has 128 valence electrons. The number of rotatable bonds is 2. The molecule has 0 aliphatic heterocycles. The monoisotopic (exact) mass is 356 g/mol. The van der Waals surface area contributed by atoms with Gasteiger partial charge in [0, 0.05) is 26.1 Å². The molecular weight excluding hydrogens is 338 g/mol. The fourth-order valence-electron chi connectivity index (χ4n) is 3.64. The summed E-state index contributed by atoms with van der Waals surface area (Å²) >= 11 is 1.63. The van der Waals surface area contributed by atoms with E-state index in [1.807, 2.05) is 6.07 Å². The van der Waals surface area contributed by atoms with Crippen LogP contribution < -0.4 is 5.43 Å². The third kappa shape index (κ3) is 2.89. The van der Waals surface area contributed by atoms with Gasteiger partial charge in [-0.2, -0.15) is 0 Å². The molecule has 0 spiro atoms. The topological polar surface area (TPSA) is 17.1 Å². The second kappa shape index (κ2) is 6.34. The van der Waals surface area contributed by atoms with E-state index in [0.717, 1.165) is 53.0 Å². The molecule has 1 heterocycles.